The van der Waals surface area contributed by atoms with Crippen LogP contribution >= 0.6 is 11.3 Å². The lowest BCUT2D eigenvalue weighted by Crippen LogP contribution is -2.17. The van der Waals surface area contributed by atoms with Gasteiger partial charge in [0, 0.05) is 43.9 Å². The van der Waals surface area contributed by atoms with E-state index in [2.05, 4.69) is 111 Å². The summed E-state index contributed by atoms with van der Waals surface area (Å²) in [6.45, 7) is 14.4. The van der Waals surface area contributed by atoms with Crippen LogP contribution < -0.4 is 10.5 Å². The quantitative estimate of drug-likeness (QED) is 0.105. The molecule has 1 aromatic heterocycles. The molecule has 262 valence electrons. The van der Waals surface area contributed by atoms with Crippen molar-refractivity contribution in [2.75, 3.05) is 7.05 Å². The van der Waals surface area contributed by atoms with Gasteiger partial charge in [0.25, 0.3) is 0 Å². The van der Waals surface area contributed by atoms with Gasteiger partial charge in [-0.3, -0.25) is 4.99 Å². The molecular formula is C46H51N3OS. The second-order valence-corrected chi connectivity index (χ2v) is 12.8. The highest BCUT2D eigenvalue weighted by Crippen LogP contribution is 2.43. The Bertz CT molecular complexity index is 2110. The van der Waals surface area contributed by atoms with Crippen LogP contribution in [0.5, 0.6) is 5.75 Å². The van der Waals surface area contributed by atoms with Crippen molar-refractivity contribution < 1.29 is 4.74 Å². The van der Waals surface area contributed by atoms with E-state index in [1.165, 1.54) is 20.3 Å². The predicted molar refractivity (Wildman–Crippen MR) is 226 cm³/mol. The first-order valence-electron chi connectivity index (χ1n) is 17.9. The fourth-order valence-corrected chi connectivity index (χ4v) is 6.96. The van der Waals surface area contributed by atoms with E-state index in [4.69, 9.17) is 15.5 Å². The Morgan fingerprint density at radius 2 is 1.67 bits per heavy atom. The molecule has 51 heavy (non-hydrogen) atoms. The summed E-state index contributed by atoms with van der Waals surface area (Å²) in [5.41, 5.74) is 13.4. The summed E-state index contributed by atoms with van der Waals surface area (Å²) in [6.07, 6.45) is 18.0. The Morgan fingerprint density at radius 1 is 0.902 bits per heavy atom. The summed E-state index contributed by atoms with van der Waals surface area (Å²) in [6, 6.07) is 29.4. The van der Waals surface area contributed by atoms with Crippen molar-refractivity contribution in [2.45, 2.75) is 60.3 Å². The molecule has 0 fully saturated rings. The third-order valence-corrected chi connectivity index (χ3v) is 9.46. The SMILES string of the molecule is C=C1/C=C\C=C/Cc2c(cccc2-c2cc(C(N)=NC(=NC)/C(=C/C/C=C\CC)CC)cc3c2sc2ccccc23)O1.CC.Cc1ccccc1. The number of amidine groups is 2. The molecule has 0 spiro atoms. The first kappa shape index (κ1) is 38.5. The molecule has 0 bridgehead atoms. The van der Waals surface area contributed by atoms with Gasteiger partial charge < -0.3 is 10.5 Å². The summed E-state index contributed by atoms with van der Waals surface area (Å²) < 4.78 is 8.63. The lowest BCUT2D eigenvalue weighted by Gasteiger charge is -2.16. The summed E-state index contributed by atoms with van der Waals surface area (Å²) in [4.78, 5) is 9.40. The molecule has 4 aromatic carbocycles. The molecule has 1 aliphatic heterocycles. The number of ether oxygens (including phenoxy) is 1. The maximum absolute atomic E-state index is 6.79. The molecule has 0 unspecified atom stereocenters. The topological polar surface area (TPSA) is 60.0 Å². The van der Waals surface area contributed by atoms with Crippen LogP contribution in [0.2, 0.25) is 0 Å². The summed E-state index contributed by atoms with van der Waals surface area (Å²) in [5, 5.41) is 2.37. The Labute approximate surface area is 308 Å². The molecular weight excluding hydrogens is 643 g/mol. The van der Waals surface area contributed by atoms with Gasteiger partial charge in [0.1, 0.15) is 17.3 Å². The van der Waals surface area contributed by atoms with E-state index >= 15 is 0 Å². The molecule has 4 nitrogen and oxygen atoms in total. The minimum Gasteiger partial charge on any atom is -0.458 e. The Balaban J connectivity index is 0.000000571. The smallest absolute Gasteiger partial charge is 0.152 e. The van der Waals surface area contributed by atoms with Crippen LogP contribution in [0.25, 0.3) is 31.3 Å². The highest BCUT2D eigenvalue weighted by molar-refractivity contribution is 7.26. The summed E-state index contributed by atoms with van der Waals surface area (Å²) in [7, 11) is 1.78. The fraction of sp³-hybridized carbons (Fsp3) is 0.217. The number of hydrogen-bond donors (Lipinski definition) is 1. The fourth-order valence-electron chi connectivity index (χ4n) is 5.75. The van der Waals surface area contributed by atoms with E-state index < -0.39 is 0 Å². The van der Waals surface area contributed by atoms with Gasteiger partial charge in [-0.2, -0.15) is 0 Å². The second kappa shape index (κ2) is 19.8. The summed E-state index contributed by atoms with van der Waals surface area (Å²) >= 11 is 1.80. The molecule has 1 aliphatic rings. The van der Waals surface area contributed by atoms with Crippen molar-refractivity contribution in [1.29, 1.82) is 0 Å². The van der Waals surface area contributed by atoms with Crippen LogP contribution in [-0.2, 0) is 6.42 Å². The molecule has 0 aliphatic carbocycles. The molecule has 0 saturated carbocycles. The van der Waals surface area contributed by atoms with Gasteiger partial charge in [-0.15, -0.1) is 11.3 Å². The lowest BCUT2D eigenvalue weighted by atomic mass is 9.93. The minimum atomic E-state index is 0.446. The van der Waals surface area contributed by atoms with Gasteiger partial charge in [-0.1, -0.05) is 137 Å². The van der Waals surface area contributed by atoms with Gasteiger partial charge >= 0.3 is 0 Å². The van der Waals surface area contributed by atoms with Crippen LogP contribution in [0.1, 0.15) is 63.6 Å². The first-order valence-corrected chi connectivity index (χ1v) is 18.7. The number of rotatable bonds is 7. The van der Waals surface area contributed by atoms with Gasteiger partial charge in [0.05, 0.1) is 0 Å². The Morgan fingerprint density at radius 3 is 2.37 bits per heavy atom. The highest BCUT2D eigenvalue weighted by Gasteiger charge is 2.19. The van der Waals surface area contributed by atoms with Crippen LogP contribution in [-0.4, -0.2) is 18.7 Å². The third-order valence-electron chi connectivity index (χ3n) is 8.24. The number of aryl methyl sites for hydroxylation is 1. The number of aliphatic imine (C=N–C) groups is 2. The van der Waals surface area contributed by atoms with E-state index in [1.807, 2.05) is 62.4 Å². The van der Waals surface area contributed by atoms with E-state index in [0.29, 0.717) is 17.4 Å². The van der Waals surface area contributed by atoms with E-state index in [-0.39, 0.29) is 0 Å². The maximum atomic E-state index is 6.79. The predicted octanol–water partition coefficient (Wildman–Crippen LogP) is 12.7. The van der Waals surface area contributed by atoms with Gasteiger partial charge in [0.15, 0.2) is 5.84 Å². The molecule has 0 radical (unpaired) electrons. The monoisotopic (exact) mass is 693 g/mol. The Kier molecular flexibility index (Phi) is 15.0. The minimum absolute atomic E-state index is 0.446. The van der Waals surface area contributed by atoms with Crippen LogP contribution in [0.3, 0.4) is 0 Å². The number of fused-ring (bicyclic) bond motifs is 4. The van der Waals surface area contributed by atoms with E-state index in [9.17, 15) is 0 Å². The van der Waals surface area contributed by atoms with E-state index in [1.54, 1.807) is 18.4 Å². The van der Waals surface area contributed by atoms with Crippen molar-refractivity contribution >= 4 is 43.2 Å². The molecule has 5 heteroatoms. The number of thiophene rings is 1. The van der Waals surface area contributed by atoms with E-state index in [0.717, 1.165) is 64.6 Å². The number of benzene rings is 4. The van der Waals surface area contributed by atoms with Crippen molar-refractivity contribution in [1.82, 2.24) is 0 Å². The zero-order valence-electron chi connectivity index (χ0n) is 30.9. The average molecular weight is 694 g/mol. The van der Waals surface area contributed by atoms with Gasteiger partial charge in [-0.05, 0) is 74.1 Å². The molecule has 0 saturated heterocycles. The largest absolute Gasteiger partial charge is 0.458 e. The van der Waals surface area contributed by atoms with Crippen molar-refractivity contribution in [2.24, 2.45) is 15.7 Å². The number of hydrogen-bond acceptors (Lipinski definition) is 3. The lowest BCUT2D eigenvalue weighted by molar-refractivity contribution is 0.443. The van der Waals surface area contributed by atoms with Gasteiger partial charge in [0.2, 0.25) is 0 Å². The zero-order valence-corrected chi connectivity index (χ0v) is 31.8. The van der Waals surface area contributed by atoms with Crippen molar-refractivity contribution in [3.05, 3.63) is 162 Å². The summed E-state index contributed by atoms with van der Waals surface area (Å²) in [5.74, 6) is 2.53. The number of allylic oxidation sites excluding steroid dienone is 7. The average Bonchev–Trinajstić information content (AvgIpc) is 3.57. The third kappa shape index (κ3) is 10.1. The molecule has 0 amide bonds. The van der Waals surface area contributed by atoms with Crippen molar-refractivity contribution in [3.63, 3.8) is 0 Å². The standard InChI is InChI=1S/C37H37N3OS.C7H8.C2H6/c1-5-7-8-11-17-26(6-2)37(39-4)40-36(38)27-23-31(35-32(24-27)30-19-13-14-22-34(30)42-35)28-20-15-21-33-29(28)18-12-9-10-16-25(3)41-33;1-7-5-3-2-4-6-7;1-2/h7-10,12-17,19-24H,3,5-6,11,18H2,1-2,4H3,(H2,38,39,40);2-6H,1H3;1-2H3/b8-7-,12-9-,16-10-,26-17+;;. The number of nitrogens with two attached hydrogens (primary N) is 1. The van der Waals surface area contributed by atoms with Gasteiger partial charge in [-0.25, -0.2) is 4.99 Å². The zero-order chi connectivity index (χ0) is 36.6. The molecule has 2 N–H and O–H groups in total. The highest BCUT2D eigenvalue weighted by atomic mass is 32.1. The molecule has 5 aromatic rings. The van der Waals surface area contributed by atoms with Crippen LogP contribution in [0, 0.1) is 6.92 Å². The first-order chi connectivity index (χ1) is 24.9. The molecule has 6 rings (SSSR count). The Hall–Kier alpha value is -5.26. The maximum Gasteiger partial charge on any atom is 0.152 e. The van der Waals surface area contributed by atoms with Crippen LogP contribution in [0.15, 0.2) is 155 Å². The second-order valence-electron chi connectivity index (χ2n) is 11.7. The number of nitrogens with zero attached hydrogens (tertiary/aromatic N) is 2. The molecule has 0 atom stereocenters. The van der Waals surface area contributed by atoms with Crippen molar-refractivity contribution in [3.8, 4) is 16.9 Å². The molecule has 2 heterocycles. The van der Waals surface area contributed by atoms with Crippen LogP contribution in [0.4, 0.5) is 0 Å². The normalized spacial score (nSPS) is 14.7.